The molecule has 188 valence electrons. The second kappa shape index (κ2) is 9.53. The van der Waals surface area contributed by atoms with Crippen LogP contribution in [0.15, 0.2) is 41.5 Å². The SMILES string of the molecule is COc1c(C(C)C)cccc1C(C)(C)CC(O)(/C=N/c1ccc(F)c2nc(C)ncc12)C(F)(F)F. The number of nitrogens with zero attached hydrogens (tertiary/aromatic N) is 3. The zero-order valence-electron chi connectivity index (χ0n) is 20.5. The van der Waals surface area contributed by atoms with E-state index in [1.165, 1.54) is 19.4 Å². The predicted octanol–water partition coefficient (Wildman–Crippen LogP) is 6.57. The zero-order chi connectivity index (χ0) is 26.2. The molecule has 1 heterocycles. The first-order valence-corrected chi connectivity index (χ1v) is 11.1. The number of alkyl halides is 3. The van der Waals surface area contributed by atoms with Gasteiger partial charge in [0, 0.05) is 23.4 Å². The Morgan fingerprint density at radius 1 is 1.14 bits per heavy atom. The highest BCUT2D eigenvalue weighted by molar-refractivity contribution is 5.91. The van der Waals surface area contributed by atoms with Crippen molar-refractivity contribution in [2.24, 2.45) is 4.99 Å². The Balaban J connectivity index is 2.08. The summed E-state index contributed by atoms with van der Waals surface area (Å²) >= 11 is 0. The molecule has 0 radical (unpaired) electrons. The molecule has 5 nitrogen and oxygen atoms in total. The summed E-state index contributed by atoms with van der Waals surface area (Å²) in [4.78, 5) is 11.9. The quantitative estimate of drug-likeness (QED) is 0.300. The van der Waals surface area contributed by atoms with Crippen LogP contribution >= 0.6 is 0 Å². The first-order valence-electron chi connectivity index (χ1n) is 11.1. The smallest absolute Gasteiger partial charge is 0.422 e. The molecule has 1 unspecified atom stereocenters. The van der Waals surface area contributed by atoms with Gasteiger partial charge >= 0.3 is 6.18 Å². The number of aryl methyl sites for hydroxylation is 1. The second-order valence-corrected chi connectivity index (χ2v) is 9.57. The van der Waals surface area contributed by atoms with Crippen molar-refractivity contribution < 1.29 is 27.4 Å². The number of aliphatic imine (C=N–C) groups is 1. The van der Waals surface area contributed by atoms with Crippen LogP contribution in [0.25, 0.3) is 10.9 Å². The van der Waals surface area contributed by atoms with Crippen molar-refractivity contribution in [3.8, 4) is 5.75 Å². The molecule has 1 N–H and O–H groups in total. The minimum Gasteiger partial charge on any atom is -0.496 e. The van der Waals surface area contributed by atoms with Crippen molar-refractivity contribution in [2.75, 3.05) is 7.11 Å². The summed E-state index contributed by atoms with van der Waals surface area (Å²) in [6.07, 6.45) is -3.98. The number of hydrogen-bond donors (Lipinski definition) is 1. The van der Waals surface area contributed by atoms with E-state index >= 15 is 0 Å². The van der Waals surface area contributed by atoms with Crippen LogP contribution in [-0.2, 0) is 5.41 Å². The Kier molecular flexibility index (Phi) is 7.22. The molecule has 0 amide bonds. The van der Waals surface area contributed by atoms with Gasteiger partial charge in [0.25, 0.3) is 0 Å². The minimum atomic E-state index is -5.03. The van der Waals surface area contributed by atoms with E-state index in [1.807, 2.05) is 19.9 Å². The molecule has 35 heavy (non-hydrogen) atoms. The maximum atomic E-state index is 14.2. The van der Waals surface area contributed by atoms with Gasteiger partial charge in [0.05, 0.1) is 12.8 Å². The van der Waals surface area contributed by atoms with Gasteiger partial charge in [0.15, 0.2) is 5.60 Å². The Hall–Kier alpha value is -3.07. The topological polar surface area (TPSA) is 67.6 Å². The molecule has 0 saturated heterocycles. The summed E-state index contributed by atoms with van der Waals surface area (Å²) < 4.78 is 62.4. The van der Waals surface area contributed by atoms with Gasteiger partial charge in [0.1, 0.15) is 22.9 Å². The molecule has 1 aromatic heterocycles. The molecule has 3 rings (SSSR count). The van der Waals surface area contributed by atoms with E-state index in [-0.39, 0.29) is 22.5 Å². The molecule has 0 aliphatic heterocycles. The van der Waals surface area contributed by atoms with Gasteiger partial charge in [0.2, 0.25) is 0 Å². The van der Waals surface area contributed by atoms with Crippen LogP contribution in [0.3, 0.4) is 0 Å². The minimum absolute atomic E-state index is 0.0151. The summed E-state index contributed by atoms with van der Waals surface area (Å²) in [6, 6.07) is 7.63. The molecular formula is C26H29F4N3O2. The summed E-state index contributed by atoms with van der Waals surface area (Å²) in [5, 5.41) is 11.0. The van der Waals surface area contributed by atoms with E-state index in [9.17, 15) is 22.7 Å². The Bertz CT molecular complexity index is 1260. The van der Waals surface area contributed by atoms with Crippen molar-refractivity contribution in [2.45, 2.75) is 64.1 Å². The molecule has 0 fully saturated rings. The van der Waals surface area contributed by atoms with E-state index in [0.717, 1.165) is 11.6 Å². The van der Waals surface area contributed by atoms with Crippen molar-refractivity contribution in [1.82, 2.24) is 9.97 Å². The van der Waals surface area contributed by atoms with Gasteiger partial charge in [-0.2, -0.15) is 13.2 Å². The number of aliphatic hydroxyl groups is 1. The summed E-state index contributed by atoms with van der Waals surface area (Å²) in [5.74, 6) is 0.241. The number of methoxy groups -OCH3 is 1. The van der Waals surface area contributed by atoms with Crippen LogP contribution < -0.4 is 4.74 Å². The summed E-state index contributed by atoms with van der Waals surface area (Å²) in [5.41, 5.74) is -3.08. The Morgan fingerprint density at radius 2 is 1.83 bits per heavy atom. The maximum Gasteiger partial charge on any atom is 0.422 e. The van der Waals surface area contributed by atoms with Gasteiger partial charge in [-0.1, -0.05) is 45.9 Å². The second-order valence-electron chi connectivity index (χ2n) is 9.57. The molecule has 0 aliphatic carbocycles. The molecule has 0 saturated carbocycles. The number of aromatic nitrogens is 2. The average Bonchev–Trinajstić information content (AvgIpc) is 2.77. The first-order chi connectivity index (χ1) is 16.2. The van der Waals surface area contributed by atoms with Crippen LogP contribution in [0.4, 0.5) is 23.2 Å². The van der Waals surface area contributed by atoms with Crippen LogP contribution in [0, 0.1) is 12.7 Å². The molecule has 2 aromatic carbocycles. The first kappa shape index (κ1) is 26.5. The molecular weight excluding hydrogens is 462 g/mol. The van der Waals surface area contributed by atoms with Crippen molar-refractivity contribution in [3.05, 3.63) is 59.3 Å². The van der Waals surface area contributed by atoms with Crippen LogP contribution in [0.1, 0.15) is 57.0 Å². The third kappa shape index (κ3) is 5.29. The highest BCUT2D eigenvalue weighted by Crippen LogP contribution is 2.45. The van der Waals surface area contributed by atoms with Gasteiger partial charge in [-0.3, -0.25) is 4.99 Å². The van der Waals surface area contributed by atoms with E-state index in [0.29, 0.717) is 23.4 Å². The predicted molar refractivity (Wildman–Crippen MR) is 128 cm³/mol. The third-order valence-electron chi connectivity index (χ3n) is 6.02. The molecule has 9 heteroatoms. The summed E-state index contributed by atoms with van der Waals surface area (Å²) in [7, 11) is 1.47. The fraction of sp³-hybridized carbons (Fsp3) is 0.423. The van der Waals surface area contributed by atoms with E-state index in [2.05, 4.69) is 15.0 Å². The molecule has 3 aromatic rings. The highest BCUT2D eigenvalue weighted by Gasteiger charge is 2.55. The summed E-state index contributed by atoms with van der Waals surface area (Å²) in [6.45, 7) is 8.73. The zero-order valence-corrected chi connectivity index (χ0v) is 20.5. The lowest BCUT2D eigenvalue weighted by Crippen LogP contribution is -2.50. The molecule has 0 bridgehead atoms. The van der Waals surface area contributed by atoms with Crippen molar-refractivity contribution >= 4 is 22.8 Å². The standard InChI is InChI=1S/C26H29F4N3O2/c1-15(2)17-8-7-9-19(23(17)35-6)24(4,5)13-25(34,26(28,29)30)14-32-21-11-10-20(27)22-18(21)12-31-16(3)33-22/h7-12,14-15,34H,13H2,1-6H3/b32-14+. The van der Waals surface area contributed by atoms with Gasteiger partial charge < -0.3 is 9.84 Å². The third-order valence-corrected chi connectivity index (χ3v) is 6.02. The Labute approximate surface area is 201 Å². The number of fused-ring (bicyclic) bond motifs is 1. The molecule has 0 aliphatic rings. The number of rotatable bonds is 7. The van der Waals surface area contributed by atoms with Gasteiger partial charge in [-0.25, -0.2) is 14.4 Å². The lowest BCUT2D eigenvalue weighted by atomic mass is 9.74. The van der Waals surface area contributed by atoms with E-state index in [1.54, 1.807) is 32.9 Å². The largest absolute Gasteiger partial charge is 0.496 e. The van der Waals surface area contributed by atoms with Crippen molar-refractivity contribution in [3.63, 3.8) is 0 Å². The number of hydrogen-bond acceptors (Lipinski definition) is 5. The monoisotopic (exact) mass is 491 g/mol. The number of benzene rings is 2. The average molecular weight is 492 g/mol. The van der Waals surface area contributed by atoms with Gasteiger partial charge in [-0.15, -0.1) is 0 Å². The van der Waals surface area contributed by atoms with Crippen LogP contribution in [-0.4, -0.2) is 40.2 Å². The fourth-order valence-electron chi connectivity index (χ4n) is 4.21. The number of para-hydroxylation sites is 1. The van der Waals surface area contributed by atoms with E-state index in [4.69, 9.17) is 4.74 Å². The van der Waals surface area contributed by atoms with Crippen LogP contribution in [0.5, 0.6) is 5.75 Å². The fourth-order valence-corrected chi connectivity index (χ4v) is 4.21. The number of ether oxygens (including phenoxy) is 1. The number of halogens is 4. The lowest BCUT2D eigenvalue weighted by molar-refractivity contribution is -0.234. The van der Waals surface area contributed by atoms with Crippen LogP contribution in [0.2, 0.25) is 0 Å². The maximum absolute atomic E-state index is 14.2. The van der Waals surface area contributed by atoms with Gasteiger partial charge in [-0.05, 0) is 42.4 Å². The highest BCUT2D eigenvalue weighted by atomic mass is 19.4. The Morgan fingerprint density at radius 3 is 2.43 bits per heavy atom. The van der Waals surface area contributed by atoms with E-state index < -0.39 is 29.4 Å². The molecule has 1 atom stereocenters. The normalized spacial score (nSPS) is 14.6. The lowest BCUT2D eigenvalue weighted by Gasteiger charge is -2.36. The molecule has 0 spiro atoms. The van der Waals surface area contributed by atoms with Crippen molar-refractivity contribution in [1.29, 1.82) is 0 Å².